The summed E-state index contributed by atoms with van der Waals surface area (Å²) in [4.78, 5) is -0.133. The van der Waals surface area contributed by atoms with Crippen molar-refractivity contribution in [3.05, 3.63) is 58.1 Å². The monoisotopic (exact) mass is 362 g/mol. The molecule has 2 rings (SSSR count). The number of hydrogen-bond donors (Lipinski definition) is 0. The zero-order chi connectivity index (χ0) is 14.9. The molecule has 0 aliphatic carbocycles. The van der Waals surface area contributed by atoms with Crippen LogP contribution < -0.4 is 4.18 Å². The van der Waals surface area contributed by atoms with Gasteiger partial charge in [-0.15, -0.1) is 0 Å². The Balaban J connectivity index is 2.38. The second kappa shape index (κ2) is 5.49. The summed E-state index contributed by atoms with van der Waals surface area (Å²) in [6.45, 7) is 1.79. The van der Waals surface area contributed by atoms with Gasteiger partial charge in [0.1, 0.15) is 4.90 Å². The Kier molecular flexibility index (Phi) is 4.10. The topological polar surface area (TPSA) is 43.4 Å². The summed E-state index contributed by atoms with van der Waals surface area (Å²) in [7, 11) is -4.20. The predicted octanol–water partition coefficient (Wildman–Crippen LogP) is 3.80. The van der Waals surface area contributed by atoms with Crippen molar-refractivity contribution in [2.75, 3.05) is 0 Å². The van der Waals surface area contributed by atoms with Crippen molar-refractivity contribution in [1.82, 2.24) is 0 Å². The van der Waals surface area contributed by atoms with Crippen molar-refractivity contribution in [3.8, 4) is 5.75 Å². The van der Waals surface area contributed by atoms with Crippen LogP contribution in [0.2, 0.25) is 0 Å². The van der Waals surface area contributed by atoms with Crippen LogP contribution in [0.15, 0.2) is 45.8 Å². The van der Waals surface area contributed by atoms with Crippen molar-refractivity contribution in [2.45, 2.75) is 11.8 Å². The van der Waals surface area contributed by atoms with Gasteiger partial charge in [0.2, 0.25) is 5.82 Å². The molecule has 0 fully saturated rings. The highest BCUT2D eigenvalue weighted by molar-refractivity contribution is 9.10. The summed E-state index contributed by atoms with van der Waals surface area (Å²) in [6, 6.07) is 8.02. The van der Waals surface area contributed by atoms with Crippen molar-refractivity contribution in [1.29, 1.82) is 0 Å². The van der Waals surface area contributed by atoms with Gasteiger partial charge in [-0.3, -0.25) is 0 Å². The van der Waals surface area contributed by atoms with Crippen molar-refractivity contribution >= 4 is 26.0 Å². The van der Waals surface area contributed by atoms with Crippen LogP contribution in [0.25, 0.3) is 0 Å². The lowest BCUT2D eigenvalue weighted by Crippen LogP contribution is -2.11. The van der Waals surface area contributed by atoms with E-state index >= 15 is 0 Å². The number of rotatable bonds is 3. The fourth-order valence-electron chi connectivity index (χ4n) is 1.44. The largest absolute Gasteiger partial charge is 0.376 e. The third-order valence-corrected chi connectivity index (χ3v) is 4.37. The minimum atomic E-state index is -4.20. The Labute approximate surface area is 123 Å². The summed E-state index contributed by atoms with van der Waals surface area (Å²) in [5, 5.41) is 0. The SMILES string of the molecule is Cc1ccc(S(=O)(=O)Oc2ccc(Br)c(F)c2F)cc1. The third-order valence-electron chi connectivity index (χ3n) is 2.51. The van der Waals surface area contributed by atoms with E-state index in [4.69, 9.17) is 0 Å². The lowest BCUT2D eigenvalue weighted by Gasteiger charge is -2.09. The van der Waals surface area contributed by atoms with Crippen LogP contribution in [0.3, 0.4) is 0 Å². The maximum atomic E-state index is 13.6. The van der Waals surface area contributed by atoms with Gasteiger partial charge in [0.05, 0.1) is 4.47 Å². The van der Waals surface area contributed by atoms with Crippen LogP contribution in [-0.4, -0.2) is 8.42 Å². The lowest BCUT2D eigenvalue weighted by molar-refractivity contribution is 0.435. The molecule has 0 aromatic heterocycles. The summed E-state index contributed by atoms with van der Waals surface area (Å²) >= 11 is 2.79. The number of aryl methyl sites for hydroxylation is 1. The Morgan fingerprint density at radius 2 is 1.60 bits per heavy atom. The average Bonchev–Trinajstić information content (AvgIpc) is 2.40. The van der Waals surface area contributed by atoms with Crippen molar-refractivity contribution in [3.63, 3.8) is 0 Å². The fraction of sp³-hybridized carbons (Fsp3) is 0.0769. The van der Waals surface area contributed by atoms with Gasteiger partial charge in [-0.25, -0.2) is 4.39 Å². The lowest BCUT2D eigenvalue weighted by atomic mass is 10.2. The molecule has 0 saturated carbocycles. The Hall–Kier alpha value is -1.47. The molecule has 0 N–H and O–H groups in total. The van der Waals surface area contributed by atoms with Crippen LogP contribution >= 0.6 is 15.9 Å². The van der Waals surface area contributed by atoms with Crippen LogP contribution in [0, 0.1) is 18.6 Å². The summed E-state index contributed by atoms with van der Waals surface area (Å²) in [5.41, 5.74) is 0.866. The quantitative estimate of drug-likeness (QED) is 0.616. The van der Waals surface area contributed by atoms with Crippen molar-refractivity contribution < 1.29 is 21.4 Å². The molecule has 0 saturated heterocycles. The predicted molar refractivity (Wildman–Crippen MR) is 73.1 cm³/mol. The highest BCUT2D eigenvalue weighted by Crippen LogP contribution is 2.28. The molecular weight excluding hydrogens is 354 g/mol. The van der Waals surface area contributed by atoms with Crippen molar-refractivity contribution in [2.24, 2.45) is 0 Å². The van der Waals surface area contributed by atoms with E-state index in [9.17, 15) is 17.2 Å². The highest BCUT2D eigenvalue weighted by atomic mass is 79.9. The minimum absolute atomic E-state index is 0.116. The molecular formula is C13H9BrF2O3S. The molecule has 2 aromatic carbocycles. The average molecular weight is 363 g/mol. The van der Waals surface area contributed by atoms with Gasteiger partial charge in [0, 0.05) is 0 Å². The van der Waals surface area contributed by atoms with E-state index in [1.165, 1.54) is 18.2 Å². The zero-order valence-electron chi connectivity index (χ0n) is 10.2. The van der Waals surface area contributed by atoms with Gasteiger partial charge in [0.15, 0.2) is 11.6 Å². The first-order chi connectivity index (χ1) is 9.31. The van der Waals surface area contributed by atoms with E-state index in [1.807, 2.05) is 0 Å². The minimum Gasteiger partial charge on any atom is -0.376 e. The van der Waals surface area contributed by atoms with E-state index in [1.54, 1.807) is 19.1 Å². The second-order valence-electron chi connectivity index (χ2n) is 4.02. The molecule has 2 aromatic rings. The normalized spacial score (nSPS) is 11.4. The van der Waals surface area contributed by atoms with Crippen LogP contribution in [0.1, 0.15) is 5.56 Å². The summed E-state index contributed by atoms with van der Waals surface area (Å²) in [5.74, 6) is -3.26. The molecule has 0 bridgehead atoms. The molecule has 106 valence electrons. The second-order valence-corrected chi connectivity index (χ2v) is 6.42. The van der Waals surface area contributed by atoms with Gasteiger partial charge in [-0.05, 0) is 47.1 Å². The van der Waals surface area contributed by atoms with E-state index in [0.717, 1.165) is 11.6 Å². The Bertz CT molecular complexity index is 743. The Morgan fingerprint density at radius 3 is 2.20 bits per heavy atom. The van der Waals surface area contributed by atoms with E-state index in [0.29, 0.717) is 0 Å². The standard InChI is InChI=1S/C13H9BrF2O3S/c1-8-2-4-9(5-3-8)20(17,18)19-11-7-6-10(14)12(15)13(11)16/h2-7H,1H3. The first kappa shape index (κ1) is 14.9. The molecule has 3 nitrogen and oxygen atoms in total. The molecule has 0 radical (unpaired) electrons. The Morgan fingerprint density at radius 1 is 1.00 bits per heavy atom. The molecule has 0 aliphatic rings. The number of benzene rings is 2. The number of hydrogen-bond acceptors (Lipinski definition) is 3. The van der Waals surface area contributed by atoms with Crippen LogP contribution in [-0.2, 0) is 10.1 Å². The number of halogens is 3. The van der Waals surface area contributed by atoms with E-state index in [-0.39, 0.29) is 9.37 Å². The van der Waals surface area contributed by atoms with Gasteiger partial charge in [-0.2, -0.15) is 12.8 Å². The molecule has 0 unspecified atom stereocenters. The van der Waals surface area contributed by atoms with Gasteiger partial charge in [-0.1, -0.05) is 17.7 Å². The first-order valence-electron chi connectivity index (χ1n) is 5.46. The van der Waals surface area contributed by atoms with E-state index < -0.39 is 27.5 Å². The maximum absolute atomic E-state index is 13.6. The molecule has 0 aliphatic heterocycles. The molecule has 0 amide bonds. The summed E-state index contributed by atoms with van der Waals surface area (Å²) < 4.78 is 55.3. The molecule has 7 heteroatoms. The first-order valence-corrected chi connectivity index (χ1v) is 7.66. The third kappa shape index (κ3) is 2.99. The zero-order valence-corrected chi connectivity index (χ0v) is 12.6. The van der Waals surface area contributed by atoms with Gasteiger partial charge < -0.3 is 4.18 Å². The molecule has 20 heavy (non-hydrogen) atoms. The molecule has 0 atom stereocenters. The molecule has 0 spiro atoms. The van der Waals surface area contributed by atoms with Crippen LogP contribution in [0.5, 0.6) is 5.75 Å². The van der Waals surface area contributed by atoms with Gasteiger partial charge in [0.25, 0.3) is 0 Å². The van der Waals surface area contributed by atoms with Crippen LogP contribution in [0.4, 0.5) is 8.78 Å². The van der Waals surface area contributed by atoms with E-state index in [2.05, 4.69) is 20.1 Å². The fourth-order valence-corrected chi connectivity index (χ4v) is 2.68. The highest BCUT2D eigenvalue weighted by Gasteiger charge is 2.21. The smallest absolute Gasteiger partial charge is 0.339 e. The summed E-state index contributed by atoms with van der Waals surface area (Å²) in [6.07, 6.45) is 0. The van der Waals surface area contributed by atoms with Gasteiger partial charge >= 0.3 is 10.1 Å². The molecule has 0 heterocycles. The maximum Gasteiger partial charge on any atom is 0.339 e.